The third-order valence-corrected chi connectivity index (χ3v) is 8.57. The second-order valence-corrected chi connectivity index (χ2v) is 10.7. The monoisotopic (exact) mass is 504 g/mol. The summed E-state index contributed by atoms with van der Waals surface area (Å²) in [5.74, 6) is -2.68. The fourth-order valence-electron chi connectivity index (χ4n) is 6.63. The van der Waals surface area contributed by atoms with Crippen molar-refractivity contribution in [2.45, 2.75) is 89.5 Å². The van der Waals surface area contributed by atoms with Crippen molar-refractivity contribution in [1.29, 1.82) is 0 Å². The minimum absolute atomic E-state index is 0.0593. The summed E-state index contributed by atoms with van der Waals surface area (Å²) in [7, 11) is 0. The van der Waals surface area contributed by atoms with Crippen molar-refractivity contribution in [2.75, 3.05) is 26.3 Å². The molecule has 2 amide bonds. The molecule has 1 spiro atoms. The summed E-state index contributed by atoms with van der Waals surface area (Å²) in [6.07, 6.45) is 7.70. The average Bonchev–Trinajstić information content (AvgIpc) is 3.36. The molecular weight excluding hydrogens is 460 g/mol. The maximum atomic E-state index is 14.2. The Morgan fingerprint density at radius 2 is 2.03 bits per heavy atom. The number of rotatable bonds is 14. The predicted molar refractivity (Wildman–Crippen MR) is 137 cm³/mol. The second-order valence-electron chi connectivity index (χ2n) is 10.7. The van der Waals surface area contributed by atoms with Crippen LogP contribution in [0.2, 0.25) is 0 Å². The summed E-state index contributed by atoms with van der Waals surface area (Å²) in [5.41, 5.74) is -2.06. The fourth-order valence-corrected chi connectivity index (χ4v) is 6.63. The van der Waals surface area contributed by atoms with E-state index in [0.717, 1.165) is 19.3 Å². The SMILES string of the molecule is C=CCCOC(=O)[C@@H]1[C@H]2C(=O)N([C@@H](CC)CO)C(C(=O)N(CC=C)CCCCC)C23CC(C)[C@@]1(C)O3. The van der Waals surface area contributed by atoms with Gasteiger partial charge in [-0.25, -0.2) is 0 Å². The zero-order valence-electron chi connectivity index (χ0n) is 22.4. The molecule has 3 saturated heterocycles. The number of aliphatic hydroxyl groups is 1. The molecule has 8 nitrogen and oxygen atoms in total. The van der Waals surface area contributed by atoms with E-state index in [1.54, 1.807) is 17.1 Å². The number of carbonyl (C=O) groups is 3. The van der Waals surface area contributed by atoms with Crippen molar-refractivity contribution in [3.8, 4) is 0 Å². The number of carbonyl (C=O) groups excluding carboxylic acids is 3. The highest BCUT2D eigenvalue weighted by molar-refractivity contribution is 5.98. The van der Waals surface area contributed by atoms with Gasteiger partial charge in [-0.3, -0.25) is 14.4 Å². The van der Waals surface area contributed by atoms with Crippen molar-refractivity contribution in [3.05, 3.63) is 25.3 Å². The van der Waals surface area contributed by atoms with Gasteiger partial charge >= 0.3 is 5.97 Å². The molecule has 0 aliphatic carbocycles. The van der Waals surface area contributed by atoms with Gasteiger partial charge in [0.05, 0.1) is 30.8 Å². The molecule has 0 aromatic heterocycles. The molecule has 3 rings (SSSR count). The number of amides is 2. The molecule has 0 aromatic rings. The van der Waals surface area contributed by atoms with E-state index in [2.05, 4.69) is 20.1 Å². The topological polar surface area (TPSA) is 96.4 Å². The highest BCUT2D eigenvalue weighted by Gasteiger charge is 2.80. The van der Waals surface area contributed by atoms with Gasteiger partial charge in [0.15, 0.2) is 0 Å². The van der Waals surface area contributed by atoms with E-state index in [1.807, 2.05) is 20.8 Å². The maximum Gasteiger partial charge on any atom is 0.312 e. The van der Waals surface area contributed by atoms with E-state index in [4.69, 9.17) is 9.47 Å². The fraction of sp³-hybridized carbons (Fsp3) is 0.750. The van der Waals surface area contributed by atoms with E-state index in [-0.39, 0.29) is 30.9 Å². The highest BCUT2D eigenvalue weighted by Crippen LogP contribution is 2.65. The van der Waals surface area contributed by atoms with Crippen molar-refractivity contribution < 1.29 is 29.0 Å². The van der Waals surface area contributed by atoms with Crippen LogP contribution in [0.15, 0.2) is 25.3 Å². The molecule has 1 N–H and O–H groups in total. The molecule has 3 unspecified atom stereocenters. The molecule has 3 aliphatic rings. The smallest absolute Gasteiger partial charge is 0.312 e. The highest BCUT2D eigenvalue weighted by atomic mass is 16.6. The van der Waals surface area contributed by atoms with Crippen molar-refractivity contribution >= 4 is 17.8 Å². The molecule has 2 bridgehead atoms. The first kappa shape index (κ1) is 28.4. The van der Waals surface area contributed by atoms with Crippen LogP contribution in [0.25, 0.3) is 0 Å². The number of hydrogen-bond acceptors (Lipinski definition) is 6. The van der Waals surface area contributed by atoms with Gasteiger partial charge in [0.1, 0.15) is 17.6 Å². The molecule has 36 heavy (non-hydrogen) atoms. The van der Waals surface area contributed by atoms with Gasteiger partial charge in [-0.15, -0.1) is 13.2 Å². The van der Waals surface area contributed by atoms with Crippen molar-refractivity contribution in [3.63, 3.8) is 0 Å². The van der Waals surface area contributed by atoms with E-state index in [9.17, 15) is 19.5 Å². The molecule has 0 saturated carbocycles. The number of unbranched alkanes of at least 4 members (excludes halogenated alkanes) is 2. The summed E-state index contributed by atoms with van der Waals surface area (Å²) in [5, 5.41) is 10.2. The Kier molecular flexibility index (Phi) is 9.04. The zero-order chi connectivity index (χ0) is 26.7. The zero-order valence-corrected chi connectivity index (χ0v) is 22.4. The largest absolute Gasteiger partial charge is 0.465 e. The maximum absolute atomic E-state index is 14.2. The molecular formula is C28H44N2O6. The molecule has 8 heteroatoms. The average molecular weight is 505 g/mol. The Balaban J connectivity index is 2.07. The number of ether oxygens (including phenoxy) is 2. The first-order chi connectivity index (χ1) is 17.2. The lowest BCUT2D eigenvalue weighted by Crippen LogP contribution is -2.59. The minimum Gasteiger partial charge on any atom is -0.465 e. The van der Waals surface area contributed by atoms with Crippen LogP contribution in [0.3, 0.4) is 0 Å². The van der Waals surface area contributed by atoms with E-state index in [0.29, 0.717) is 32.4 Å². The van der Waals surface area contributed by atoms with Gasteiger partial charge < -0.3 is 24.4 Å². The lowest BCUT2D eigenvalue weighted by molar-refractivity contribution is -0.163. The lowest BCUT2D eigenvalue weighted by Gasteiger charge is -2.39. The Hall–Kier alpha value is -2.19. The van der Waals surface area contributed by atoms with Crippen molar-refractivity contribution in [2.24, 2.45) is 17.8 Å². The van der Waals surface area contributed by atoms with Gasteiger partial charge in [0, 0.05) is 13.1 Å². The third-order valence-electron chi connectivity index (χ3n) is 8.57. The van der Waals surface area contributed by atoms with Crippen LogP contribution < -0.4 is 0 Å². The van der Waals surface area contributed by atoms with Crippen molar-refractivity contribution in [1.82, 2.24) is 9.80 Å². The van der Waals surface area contributed by atoms with Gasteiger partial charge in [0.2, 0.25) is 11.8 Å². The molecule has 202 valence electrons. The molecule has 3 heterocycles. The second kappa shape index (κ2) is 11.5. The summed E-state index contributed by atoms with van der Waals surface area (Å²) < 4.78 is 12.3. The van der Waals surface area contributed by atoms with Crippen LogP contribution in [0.4, 0.5) is 0 Å². The lowest BCUT2D eigenvalue weighted by atomic mass is 9.62. The summed E-state index contributed by atoms with van der Waals surface area (Å²) in [6.45, 7) is 16.2. The summed E-state index contributed by atoms with van der Waals surface area (Å²) >= 11 is 0. The molecule has 0 aromatic carbocycles. The Labute approximate surface area is 215 Å². The Morgan fingerprint density at radius 1 is 1.31 bits per heavy atom. The summed E-state index contributed by atoms with van der Waals surface area (Å²) in [4.78, 5) is 45.0. The standard InChI is InChI=1S/C28H44N2O6/c1-7-11-13-15-29(14-9-3)25(33)23-28-17-19(5)27(6,36-28)22(26(34)35-16-12-8-2)21(28)24(32)30(23)20(10-4)18-31/h8-9,19-23,31H,2-3,7,10-18H2,1,4-6H3/t19?,20-,21-,22-,23?,27+,28?/m0/s1. The number of likely N-dealkylation sites (tertiary alicyclic amines) is 1. The molecule has 3 aliphatic heterocycles. The van der Waals surface area contributed by atoms with Crippen LogP contribution in [-0.2, 0) is 23.9 Å². The first-order valence-corrected chi connectivity index (χ1v) is 13.5. The van der Waals surface area contributed by atoms with Gasteiger partial charge in [-0.05, 0) is 38.5 Å². The van der Waals surface area contributed by atoms with E-state index >= 15 is 0 Å². The number of hydrogen-bond donors (Lipinski definition) is 1. The van der Waals surface area contributed by atoms with Crippen LogP contribution in [0.1, 0.15) is 66.2 Å². The van der Waals surface area contributed by atoms with Crippen LogP contribution >= 0.6 is 0 Å². The van der Waals surface area contributed by atoms with Gasteiger partial charge in [-0.2, -0.15) is 0 Å². The normalized spacial score (nSPS) is 33.4. The van der Waals surface area contributed by atoms with Crippen LogP contribution in [0.5, 0.6) is 0 Å². The molecule has 3 fully saturated rings. The molecule has 7 atom stereocenters. The van der Waals surface area contributed by atoms with E-state index in [1.165, 1.54) is 4.90 Å². The number of esters is 1. The van der Waals surface area contributed by atoms with E-state index < -0.39 is 41.1 Å². The minimum atomic E-state index is -1.14. The van der Waals surface area contributed by atoms with Crippen LogP contribution in [0, 0.1) is 17.8 Å². The Morgan fingerprint density at radius 3 is 2.61 bits per heavy atom. The Bertz CT molecular complexity index is 857. The van der Waals surface area contributed by atoms with Crippen LogP contribution in [-0.4, -0.2) is 82.3 Å². The number of fused-ring (bicyclic) bond motifs is 1. The van der Waals surface area contributed by atoms with Gasteiger partial charge in [0.25, 0.3) is 0 Å². The molecule has 0 radical (unpaired) electrons. The third kappa shape index (κ3) is 4.51. The summed E-state index contributed by atoms with van der Waals surface area (Å²) in [6, 6.07) is -1.46. The predicted octanol–water partition coefficient (Wildman–Crippen LogP) is 3.09. The quantitative estimate of drug-likeness (QED) is 0.222. The van der Waals surface area contributed by atoms with Gasteiger partial charge in [-0.1, -0.05) is 45.8 Å². The number of nitrogens with zero attached hydrogens (tertiary/aromatic N) is 2. The first-order valence-electron chi connectivity index (χ1n) is 13.5. The number of aliphatic hydroxyl groups excluding tert-OH is 1.